The van der Waals surface area contributed by atoms with Crippen LogP contribution in [0.4, 0.5) is 0 Å². The summed E-state index contributed by atoms with van der Waals surface area (Å²) in [5.41, 5.74) is -0.165. The number of aldehydes is 1. The molecule has 1 aliphatic carbocycles. The third kappa shape index (κ3) is 5.07. The fraction of sp³-hybridized carbons (Fsp3) is 0.382. The number of nitrogens with zero attached hydrogens (tertiary/aromatic N) is 3. The monoisotopic (exact) mass is 583 g/mol. The Hall–Kier alpha value is -4.53. The number of unbranched alkanes of at least 4 members (excludes halogenated alkanes) is 1. The van der Waals surface area contributed by atoms with Crippen molar-refractivity contribution >= 4 is 27.8 Å². The van der Waals surface area contributed by atoms with Gasteiger partial charge in [0.25, 0.3) is 16.7 Å². The van der Waals surface area contributed by atoms with Crippen molar-refractivity contribution in [1.29, 1.82) is 0 Å². The maximum Gasteiger partial charge on any atom is 0.265 e. The van der Waals surface area contributed by atoms with E-state index in [1.54, 1.807) is 37.3 Å². The Labute approximate surface area is 248 Å². The highest BCUT2D eigenvalue weighted by Crippen LogP contribution is 2.41. The van der Waals surface area contributed by atoms with Crippen LogP contribution in [-0.4, -0.2) is 33.2 Å². The van der Waals surface area contributed by atoms with Gasteiger partial charge >= 0.3 is 0 Å². The zero-order chi connectivity index (χ0) is 31.0. The lowest BCUT2D eigenvalue weighted by molar-refractivity contribution is 0.112. The molecule has 2 aromatic carbocycles. The highest BCUT2D eigenvalue weighted by molar-refractivity contribution is 6.17. The predicted molar refractivity (Wildman–Crippen MR) is 169 cm³/mol. The molecule has 1 unspecified atom stereocenters. The third-order valence-electron chi connectivity index (χ3n) is 8.12. The van der Waals surface area contributed by atoms with Crippen LogP contribution >= 0.6 is 0 Å². The molecule has 43 heavy (non-hydrogen) atoms. The van der Waals surface area contributed by atoms with Crippen LogP contribution in [0.25, 0.3) is 38.4 Å². The molecule has 3 aromatic rings. The van der Waals surface area contributed by atoms with E-state index in [1.807, 2.05) is 13.8 Å². The zero-order valence-corrected chi connectivity index (χ0v) is 25.3. The van der Waals surface area contributed by atoms with Crippen LogP contribution < -0.4 is 26.8 Å². The van der Waals surface area contributed by atoms with E-state index in [9.17, 15) is 24.3 Å². The fourth-order valence-corrected chi connectivity index (χ4v) is 6.01. The minimum Gasteiger partial charge on any atom is -0.494 e. The molecule has 2 heterocycles. The van der Waals surface area contributed by atoms with Gasteiger partial charge in [0.05, 0.1) is 39.4 Å². The van der Waals surface area contributed by atoms with Crippen molar-refractivity contribution in [3.05, 3.63) is 78.4 Å². The van der Waals surface area contributed by atoms with Gasteiger partial charge in [-0.3, -0.25) is 28.7 Å². The molecule has 9 nitrogen and oxygen atoms in total. The Morgan fingerprint density at radius 3 is 2.28 bits per heavy atom. The number of rotatable bonds is 11. The van der Waals surface area contributed by atoms with E-state index >= 15 is 0 Å². The predicted octanol–water partition coefficient (Wildman–Crippen LogP) is 5.09. The van der Waals surface area contributed by atoms with Gasteiger partial charge in [0.2, 0.25) is 5.88 Å². The second-order valence-corrected chi connectivity index (χ2v) is 11.3. The maximum absolute atomic E-state index is 14.1. The summed E-state index contributed by atoms with van der Waals surface area (Å²) in [6.45, 7) is 10.2. The normalized spacial score (nSPS) is 13.1. The third-order valence-corrected chi connectivity index (χ3v) is 8.12. The Balaban J connectivity index is 1.99. The van der Waals surface area contributed by atoms with Crippen molar-refractivity contribution in [2.75, 3.05) is 6.61 Å². The minimum atomic E-state index is -0.558. The van der Waals surface area contributed by atoms with Gasteiger partial charge < -0.3 is 9.84 Å². The number of carbonyl (C=O) groups excluding carboxylic acids is 1. The smallest absolute Gasteiger partial charge is 0.265 e. The lowest BCUT2D eigenvalue weighted by Crippen LogP contribution is -2.38. The molecule has 1 aliphatic heterocycles. The second kappa shape index (κ2) is 12.0. The van der Waals surface area contributed by atoms with Crippen LogP contribution in [-0.2, 0) is 6.54 Å². The number of aromatic hydroxyl groups is 1. The van der Waals surface area contributed by atoms with E-state index in [2.05, 4.69) is 13.8 Å². The molecule has 224 valence electrons. The molecular formula is C34H37N3O6. The molecular weight excluding hydrogens is 546 g/mol. The molecule has 0 spiro atoms. The van der Waals surface area contributed by atoms with E-state index < -0.39 is 16.7 Å². The molecule has 5 rings (SSSR count). The van der Waals surface area contributed by atoms with Gasteiger partial charge in [0.15, 0.2) is 0 Å². The van der Waals surface area contributed by atoms with Crippen LogP contribution in [0.1, 0.15) is 70.7 Å². The molecule has 1 aromatic heterocycles. The summed E-state index contributed by atoms with van der Waals surface area (Å²) in [6.07, 6.45) is 4.44. The standard InChI is InChI=1S/C34H37N3O6/c1-6-9-10-20(7-2)17-36-31(39)23-15-25(35-19(4)5)29-27-24(16-26(43-8-3)30(28(23)27)33(36)41)32(40)37(34(29)42)22-13-11-21(18-38)12-14-22/h11-16,18-20,42H,6-10,17H2,1-5H3. The van der Waals surface area contributed by atoms with Crippen LogP contribution in [0.5, 0.6) is 11.6 Å². The number of pyridine rings is 2. The van der Waals surface area contributed by atoms with Crippen LogP contribution in [0.3, 0.4) is 0 Å². The van der Waals surface area contributed by atoms with E-state index in [0.717, 1.165) is 30.3 Å². The van der Waals surface area contributed by atoms with Gasteiger partial charge in [-0.25, -0.2) is 4.57 Å². The molecule has 2 aliphatic rings. The van der Waals surface area contributed by atoms with Gasteiger partial charge in [0.1, 0.15) is 12.0 Å². The number of benzene rings is 3. The Morgan fingerprint density at radius 1 is 0.953 bits per heavy atom. The molecule has 0 amide bonds. The average Bonchev–Trinajstić information content (AvgIpc) is 2.99. The summed E-state index contributed by atoms with van der Waals surface area (Å²) in [7, 11) is 0. The molecule has 1 N–H and O–H groups in total. The van der Waals surface area contributed by atoms with Crippen molar-refractivity contribution in [3.8, 4) is 28.4 Å². The fourth-order valence-electron chi connectivity index (χ4n) is 6.01. The topological polar surface area (TPSA) is 120 Å². The van der Waals surface area contributed by atoms with Crippen molar-refractivity contribution in [3.63, 3.8) is 0 Å². The molecule has 0 bridgehead atoms. The summed E-state index contributed by atoms with van der Waals surface area (Å²) in [4.78, 5) is 58.4. The van der Waals surface area contributed by atoms with E-state index in [0.29, 0.717) is 33.8 Å². The van der Waals surface area contributed by atoms with Crippen molar-refractivity contribution in [2.45, 2.75) is 72.9 Å². The SMILES string of the molecule is CCCCC(CC)Cn1c(=O)c2cc(=NC(C)C)c3c(O)n(-c4ccc(C=O)cc4)c(=O)c4cc(OCC)c(c-2c43)c1=O. The van der Waals surface area contributed by atoms with E-state index in [1.165, 1.54) is 10.6 Å². The first-order valence-corrected chi connectivity index (χ1v) is 15.0. The van der Waals surface area contributed by atoms with Gasteiger partial charge in [0, 0.05) is 29.1 Å². The molecule has 0 fully saturated rings. The van der Waals surface area contributed by atoms with Gasteiger partial charge in [-0.05, 0) is 69.5 Å². The summed E-state index contributed by atoms with van der Waals surface area (Å²) < 4.78 is 8.42. The number of aromatic nitrogens is 2. The molecule has 1 atom stereocenters. The quantitative estimate of drug-likeness (QED) is 0.171. The lowest BCUT2D eigenvalue weighted by Gasteiger charge is -2.23. The zero-order valence-electron chi connectivity index (χ0n) is 25.3. The molecule has 0 saturated heterocycles. The first-order valence-electron chi connectivity index (χ1n) is 15.0. The molecule has 0 saturated carbocycles. The summed E-state index contributed by atoms with van der Waals surface area (Å²) in [6, 6.07) is 9.21. The number of hydrogen-bond donors (Lipinski definition) is 1. The largest absolute Gasteiger partial charge is 0.494 e. The van der Waals surface area contributed by atoms with Crippen molar-refractivity contribution in [1.82, 2.24) is 9.13 Å². The van der Waals surface area contributed by atoms with E-state index in [-0.39, 0.29) is 58.5 Å². The average molecular weight is 584 g/mol. The van der Waals surface area contributed by atoms with Crippen LogP contribution in [0.15, 0.2) is 55.8 Å². The highest BCUT2D eigenvalue weighted by atomic mass is 16.5. The minimum absolute atomic E-state index is 0.149. The lowest BCUT2D eigenvalue weighted by atomic mass is 9.89. The Bertz CT molecular complexity index is 2010. The van der Waals surface area contributed by atoms with Crippen molar-refractivity contribution in [2.24, 2.45) is 10.9 Å². The molecule has 0 radical (unpaired) electrons. The summed E-state index contributed by atoms with van der Waals surface area (Å²) >= 11 is 0. The number of hydrogen-bond acceptors (Lipinski definition) is 7. The molecule has 9 heteroatoms. The number of ether oxygens (including phenoxy) is 1. The van der Waals surface area contributed by atoms with Gasteiger partial charge in [-0.1, -0.05) is 33.1 Å². The Morgan fingerprint density at radius 2 is 1.67 bits per heavy atom. The first kappa shape index (κ1) is 29.9. The Kier molecular flexibility index (Phi) is 8.35. The van der Waals surface area contributed by atoms with Crippen molar-refractivity contribution < 1.29 is 14.6 Å². The van der Waals surface area contributed by atoms with E-state index in [4.69, 9.17) is 9.73 Å². The van der Waals surface area contributed by atoms with Gasteiger partial charge in [-0.2, -0.15) is 0 Å². The van der Waals surface area contributed by atoms with Crippen LogP contribution in [0, 0.1) is 5.92 Å². The highest BCUT2D eigenvalue weighted by Gasteiger charge is 2.30. The summed E-state index contributed by atoms with van der Waals surface area (Å²) in [5.74, 6) is -0.0120. The van der Waals surface area contributed by atoms with Crippen LogP contribution in [0.2, 0.25) is 0 Å². The first-order chi connectivity index (χ1) is 20.7. The summed E-state index contributed by atoms with van der Waals surface area (Å²) in [5, 5.41) is 13.0. The maximum atomic E-state index is 14.1. The number of carbonyl (C=O) groups is 1. The van der Waals surface area contributed by atoms with Gasteiger partial charge in [-0.15, -0.1) is 0 Å². The second-order valence-electron chi connectivity index (χ2n) is 11.3.